The standard InChI is InChI=1S/C15H23NO/c1-2-10-17-15-8-6-12(7-9-15)13-4-3-5-14(16)11-13/h6-9,13-14H,2-5,10-11,16H2,1H3. The minimum atomic E-state index is 0.393. The second-order valence-corrected chi connectivity index (χ2v) is 5.04. The molecular formula is C15H23NO. The Morgan fingerprint density at radius 3 is 2.65 bits per heavy atom. The zero-order chi connectivity index (χ0) is 12.1. The SMILES string of the molecule is CCCOc1ccc(C2CCCC(N)C2)cc1. The van der Waals surface area contributed by atoms with E-state index in [4.69, 9.17) is 10.5 Å². The molecule has 17 heavy (non-hydrogen) atoms. The van der Waals surface area contributed by atoms with E-state index >= 15 is 0 Å². The van der Waals surface area contributed by atoms with Gasteiger partial charge < -0.3 is 10.5 Å². The first-order valence-electron chi connectivity index (χ1n) is 6.78. The lowest BCUT2D eigenvalue weighted by Gasteiger charge is -2.27. The number of hydrogen-bond acceptors (Lipinski definition) is 2. The predicted molar refractivity (Wildman–Crippen MR) is 71.4 cm³/mol. The number of hydrogen-bond donors (Lipinski definition) is 1. The molecule has 2 atom stereocenters. The second kappa shape index (κ2) is 6.06. The van der Waals surface area contributed by atoms with E-state index in [0.717, 1.165) is 25.2 Å². The maximum Gasteiger partial charge on any atom is 0.119 e. The number of ether oxygens (including phenoxy) is 1. The second-order valence-electron chi connectivity index (χ2n) is 5.04. The molecule has 0 radical (unpaired) electrons. The van der Waals surface area contributed by atoms with Crippen molar-refractivity contribution in [3.05, 3.63) is 29.8 Å². The van der Waals surface area contributed by atoms with E-state index in [2.05, 4.69) is 31.2 Å². The molecule has 2 nitrogen and oxygen atoms in total. The highest BCUT2D eigenvalue weighted by Crippen LogP contribution is 2.32. The molecule has 1 aromatic carbocycles. The maximum atomic E-state index is 6.03. The lowest BCUT2D eigenvalue weighted by atomic mass is 9.82. The molecule has 94 valence electrons. The molecule has 0 aromatic heterocycles. The van der Waals surface area contributed by atoms with E-state index < -0.39 is 0 Å². The Labute approximate surface area is 104 Å². The molecule has 1 fully saturated rings. The summed E-state index contributed by atoms with van der Waals surface area (Å²) in [5.41, 5.74) is 7.45. The van der Waals surface area contributed by atoms with Gasteiger partial charge in [-0.1, -0.05) is 25.5 Å². The van der Waals surface area contributed by atoms with Gasteiger partial charge in [-0.05, 0) is 49.3 Å². The third-order valence-electron chi connectivity index (χ3n) is 3.54. The van der Waals surface area contributed by atoms with Crippen molar-refractivity contribution < 1.29 is 4.74 Å². The van der Waals surface area contributed by atoms with Crippen LogP contribution in [-0.4, -0.2) is 12.6 Å². The highest BCUT2D eigenvalue weighted by molar-refractivity contribution is 5.29. The lowest BCUT2D eigenvalue weighted by molar-refractivity contribution is 0.317. The third kappa shape index (κ3) is 3.47. The molecule has 2 unspecified atom stereocenters. The fraction of sp³-hybridized carbons (Fsp3) is 0.600. The molecule has 1 saturated carbocycles. The van der Waals surface area contributed by atoms with Gasteiger partial charge in [0.05, 0.1) is 6.61 Å². The Morgan fingerprint density at radius 1 is 1.24 bits per heavy atom. The fourth-order valence-electron chi connectivity index (χ4n) is 2.59. The minimum Gasteiger partial charge on any atom is -0.494 e. The van der Waals surface area contributed by atoms with Gasteiger partial charge in [0.15, 0.2) is 0 Å². The zero-order valence-electron chi connectivity index (χ0n) is 10.7. The summed E-state index contributed by atoms with van der Waals surface area (Å²) in [5.74, 6) is 1.63. The molecule has 0 bridgehead atoms. The first-order valence-corrected chi connectivity index (χ1v) is 6.78. The minimum absolute atomic E-state index is 0.393. The van der Waals surface area contributed by atoms with E-state index in [0.29, 0.717) is 12.0 Å². The van der Waals surface area contributed by atoms with Gasteiger partial charge in [-0.15, -0.1) is 0 Å². The van der Waals surface area contributed by atoms with Crippen LogP contribution in [0.15, 0.2) is 24.3 Å². The Morgan fingerprint density at radius 2 is 2.00 bits per heavy atom. The Balaban J connectivity index is 1.96. The van der Waals surface area contributed by atoms with Crippen LogP contribution >= 0.6 is 0 Å². The highest BCUT2D eigenvalue weighted by atomic mass is 16.5. The van der Waals surface area contributed by atoms with Crippen LogP contribution in [0, 0.1) is 0 Å². The summed E-state index contributed by atoms with van der Waals surface area (Å²) in [5, 5.41) is 0. The van der Waals surface area contributed by atoms with E-state index in [1.807, 2.05) is 0 Å². The molecule has 2 N–H and O–H groups in total. The largest absolute Gasteiger partial charge is 0.494 e. The summed E-state index contributed by atoms with van der Waals surface area (Å²) in [4.78, 5) is 0. The molecule has 2 rings (SSSR count). The van der Waals surface area contributed by atoms with Crippen molar-refractivity contribution in [2.24, 2.45) is 5.73 Å². The van der Waals surface area contributed by atoms with Crippen LogP contribution in [0.4, 0.5) is 0 Å². The number of nitrogens with two attached hydrogens (primary N) is 1. The molecule has 1 aliphatic rings. The predicted octanol–water partition coefficient (Wildman–Crippen LogP) is 3.46. The van der Waals surface area contributed by atoms with Gasteiger partial charge in [0, 0.05) is 6.04 Å². The molecule has 1 aromatic rings. The molecule has 0 saturated heterocycles. The van der Waals surface area contributed by atoms with Crippen LogP contribution in [0.25, 0.3) is 0 Å². The summed E-state index contributed by atoms with van der Waals surface area (Å²) in [6.07, 6.45) is 5.92. The monoisotopic (exact) mass is 233 g/mol. The summed E-state index contributed by atoms with van der Waals surface area (Å²) in [6, 6.07) is 8.97. The van der Waals surface area contributed by atoms with Gasteiger partial charge in [-0.3, -0.25) is 0 Å². The molecule has 1 aliphatic carbocycles. The topological polar surface area (TPSA) is 35.2 Å². The quantitative estimate of drug-likeness (QED) is 0.864. The molecule has 2 heteroatoms. The third-order valence-corrected chi connectivity index (χ3v) is 3.54. The van der Waals surface area contributed by atoms with Crippen LogP contribution in [0.5, 0.6) is 5.75 Å². The maximum absolute atomic E-state index is 6.03. The molecule has 0 aliphatic heterocycles. The smallest absolute Gasteiger partial charge is 0.119 e. The Kier molecular flexibility index (Phi) is 4.43. The van der Waals surface area contributed by atoms with Crippen molar-refractivity contribution in [3.63, 3.8) is 0 Å². The number of rotatable bonds is 4. The summed E-state index contributed by atoms with van der Waals surface area (Å²) >= 11 is 0. The van der Waals surface area contributed by atoms with Gasteiger partial charge in [0.25, 0.3) is 0 Å². The highest BCUT2D eigenvalue weighted by Gasteiger charge is 2.20. The molecule has 0 spiro atoms. The number of benzene rings is 1. The van der Waals surface area contributed by atoms with Crippen molar-refractivity contribution in [3.8, 4) is 5.75 Å². The Bertz CT molecular complexity index is 333. The Hall–Kier alpha value is -1.02. The first-order chi connectivity index (χ1) is 8.29. The van der Waals surface area contributed by atoms with Crippen LogP contribution in [-0.2, 0) is 0 Å². The molecule has 0 heterocycles. The summed E-state index contributed by atoms with van der Waals surface area (Å²) in [6.45, 7) is 2.92. The fourth-order valence-corrected chi connectivity index (χ4v) is 2.59. The van der Waals surface area contributed by atoms with E-state index in [9.17, 15) is 0 Å². The van der Waals surface area contributed by atoms with Crippen molar-refractivity contribution in [1.82, 2.24) is 0 Å². The van der Waals surface area contributed by atoms with Crippen LogP contribution < -0.4 is 10.5 Å². The van der Waals surface area contributed by atoms with Crippen molar-refractivity contribution in [1.29, 1.82) is 0 Å². The van der Waals surface area contributed by atoms with Gasteiger partial charge in [0.1, 0.15) is 5.75 Å². The average Bonchev–Trinajstić information content (AvgIpc) is 2.37. The molecule has 0 amide bonds. The van der Waals surface area contributed by atoms with Gasteiger partial charge in [0.2, 0.25) is 0 Å². The average molecular weight is 233 g/mol. The van der Waals surface area contributed by atoms with Gasteiger partial charge >= 0.3 is 0 Å². The summed E-state index contributed by atoms with van der Waals surface area (Å²) in [7, 11) is 0. The normalized spacial score (nSPS) is 24.6. The zero-order valence-corrected chi connectivity index (χ0v) is 10.7. The van der Waals surface area contributed by atoms with Crippen LogP contribution in [0.2, 0.25) is 0 Å². The first kappa shape index (κ1) is 12.4. The van der Waals surface area contributed by atoms with E-state index in [1.165, 1.54) is 24.8 Å². The van der Waals surface area contributed by atoms with Crippen LogP contribution in [0.3, 0.4) is 0 Å². The van der Waals surface area contributed by atoms with E-state index in [1.54, 1.807) is 0 Å². The molecular weight excluding hydrogens is 210 g/mol. The van der Waals surface area contributed by atoms with Crippen molar-refractivity contribution in [2.45, 2.75) is 51.0 Å². The van der Waals surface area contributed by atoms with E-state index in [-0.39, 0.29) is 0 Å². The van der Waals surface area contributed by atoms with Gasteiger partial charge in [-0.2, -0.15) is 0 Å². The van der Waals surface area contributed by atoms with Crippen molar-refractivity contribution >= 4 is 0 Å². The lowest BCUT2D eigenvalue weighted by Crippen LogP contribution is -2.26. The van der Waals surface area contributed by atoms with Gasteiger partial charge in [-0.25, -0.2) is 0 Å². The summed E-state index contributed by atoms with van der Waals surface area (Å²) < 4.78 is 5.59. The van der Waals surface area contributed by atoms with Crippen LogP contribution in [0.1, 0.15) is 50.5 Å². The van der Waals surface area contributed by atoms with Crippen molar-refractivity contribution in [2.75, 3.05) is 6.61 Å².